The zero-order valence-electron chi connectivity index (χ0n) is 36.4. The quantitative estimate of drug-likeness (QED) is 0.144. The molecule has 0 radical (unpaired) electrons. The summed E-state index contributed by atoms with van der Waals surface area (Å²) in [6.07, 6.45) is 0. The largest absolute Gasteiger partial charge is 0.310 e. The maximum absolute atomic E-state index is 2.39. The third kappa shape index (κ3) is 8.84. The van der Waals surface area contributed by atoms with E-state index in [4.69, 9.17) is 0 Å². The van der Waals surface area contributed by atoms with Gasteiger partial charge in [0.1, 0.15) is 0 Å². The van der Waals surface area contributed by atoms with Gasteiger partial charge in [0.15, 0.2) is 0 Å². The fourth-order valence-corrected chi connectivity index (χ4v) is 8.10. The van der Waals surface area contributed by atoms with E-state index < -0.39 is 0 Å². The van der Waals surface area contributed by atoms with Gasteiger partial charge in [-0.2, -0.15) is 0 Å². The van der Waals surface area contributed by atoms with Crippen molar-refractivity contribution in [3.63, 3.8) is 0 Å². The fraction of sp³-hybridized carbons (Fsp3) is 0.172. The summed E-state index contributed by atoms with van der Waals surface area (Å²) in [5.74, 6) is 0. The molecular weight excluding hydrogens is 725 g/mol. The van der Waals surface area contributed by atoms with Gasteiger partial charge >= 0.3 is 0 Å². The molecule has 0 aliphatic heterocycles. The van der Waals surface area contributed by atoms with Crippen molar-refractivity contribution in [1.82, 2.24) is 0 Å². The van der Waals surface area contributed by atoms with Gasteiger partial charge < -0.3 is 9.80 Å². The Bertz CT molecular complexity index is 2490. The van der Waals surface area contributed by atoms with Gasteiger partial charge in [0.05, 0.1) is 0 Å². The molecule has 0 N–H and O–H groups in total. The molecule has 0 aliphatic carbocycles. The zero-order chi connectivity index (χ0) is 42.0. The molecule has 8 aromatic carbocycles. The first-order valence-electron chi connectivity index (χ1n) is 21.2. The highest BCUT2D eigenvalue weighted by molar-refractivity contribution is 5.85. The van der Waals surface area contributed by atoms with Crippen LogP contribution in [0.2, 0.25) is 0 Å². The summed E-state index contributed by atoms with van der Waals surface area (Å²) in [6, 6.07) is 71.3. The van der Waals surface area contributed by atoms with Crippen LogP contribution in [0.25, 0.3) is 33.4 Å². The van der Waals surface area contributed by atoms with Crippen molar-refractivity contribution in [3.05, 3.63) is 216 Å². The third-order valence-corrected chi connectivity index (χ3v) is 11.4. The van der Waals surface area contributed by atoms with Gasteiger partial charge in [0, 0.05) is 34.1 Å². The molecule has 8 rings (SSSR count). The highest BCUT2D eigenvalue weighted by Gasteiger charge is 2.20. The molecule has 0 atom stereocenters. The molecule has 0 saturated carbocycles. The van der Waals surface area contributed by atoms with Crippen molar-refractivity contribution < 1.29 is 0 Å². The minimum atomic E-state index is 0.0620. The number of nitrogens with zero attached hydrogens (tertiary/aromatic N) is 2. The van der Waals surface area contributed by atoms with Crippen molar-refractivity contribution in [2.24, 2.45) is 0 Å². The molecule has 298 valence electrons. The lowest BCUT2D eigenvalue weighted by molar-refractivity contribution is 0.590. The van der Waals surface area contributed by atoms with Crippen LogP contribution in [-0.4, -0.2) is 0 Å². The second-order valence-corrected chi connectivity index (χ2v) is 18.2. The molecule has 0 heterocycles. The molecule has 0 amide bonds. The topological polar surface area (TPSA) is 6.48 Å². The fourth-order valence-electron chi connectivity index (χ4n) is 8.10. The number of hydrogen-bond donors (Lipinski definition) is 0. The molecule has 0 fully saturated rings. The van der Waals surface area contributed by atoms with E-state index in [1.165, 1.54) is 55.6 Å². The standard InChI is InChI=1S/C58H56N2/c1-41-35-47(39-55(37-41)59(53-31-23-49(24-32-53)57(3,4)5)51-27-19-45(20-28-51)43-15-11-9-12-16-43)48-36-42(2)38-56(40-48)60(54-33-25-50(26-34-54)58(6,7)8)52-29-21-46(22-30-52)44-17-13-10-14-18-44/h9-40H,1-8H3. The molecular formula is C58H56N2. The van der Waals surface area contributed by atoms with Gasteiger partial charge in [-0.3, -0.25) is 0 Å². The Morgan fingerprint density at radius 2 is 0.550 bits per heavy atom. The Balaban J connectivity index is 1.23. The van der Waals surface area contributed by atoms with Gasteiger partial charge in [-0.05, 0) is 153 Å². The SMILES string of the molecule is Cc1cc(-c2cc(C)cc(N(c3ccc(-c4ccccc4)cc3)c3ccc(C(C)(C)C)cc3)c2)cc(N(c2ccc(-c3ccccc3)cc2)c2ccc(C(C)(C)C)cc2)c1. The van der Waals surface area contributed by atoms with E-state index in [0.29, 0.717) is 0 Å². The van der Waals surface area contributed by atoms with Crippen LogP contribution in [-0.2, 0) is 10.8 Å². The van der Waals surface area contributed by atoms with Crippen molar-refractivity contribution in [2.75, 3.05) is 9.80 Å². The van der Waals surface area contributed by atoms with Crippen molar-refractivity contribution in [3.8, 4) is 33.4 Å². The molecule has 60 heavy (non-hydrogen) atoms. The molecule has 8 aromatic rings. The molecule has 0 saturated heterocycles. The predicted octanol–water partition coefficient (Wildman–Crippen LogP) is 16.8. The molecule has 2 heteroatoms. The summed E-state index contributed by atoms with van der Waals surface area (Å²) >= 11 is 0. The van der Waals surface area contributed by atoms with E-state index in [0.717, 1.165) is 34.1 Å². The first-order valence-corrected chi connectivity index (χ1v) is 21.2. The van der Waals surface area contributed by atoms with Crippen molar-refractivity contribution in [1.29, 1.82) is 0 Å². The Kier molecular flexibility index (Phi) is 11.1. The Morgan fingerprint density at radius 1 is 0.267 bits per heavy atom. The summed E-state index contributed by atoms with van der Waals surface area (Å²) in [7, 11) is 0. The summed E-state index contributed by atoms with van der Waals surface area (Å²) in [5, 5.41) is 0. The number of benzene rings is 8. The van der Waals surface area contributed by atoms with Crippen LogP contribution in [0.5, 0.6) is 0 Å². The Labute approximate surface area is 358 Å². The van der Waals surface area contributed by atoms with Crippen LogP contribution in [0.3, 0.4) is 0 Å². The minimum absolute atomic E-state index is 0.0620. The van der Waals surface area contributed by atoms with E-state index in [9.17, 15) is 0 Å². The first-order chi connectivity index (χ1) is 28.8. The summed E-state index contributed by atoms with van der Waals surface area (Å²) in [6.45, 7) is 18.0. The predicted molar refractivity (Wildman–Crippen MR) is 259 cm³/mol. The molecule has 0 aliphatic rings. The maximum Gasteiger partial charge on any atom is 0.0470 e. The van der Waals surface area contributed by atoms with Crippen LogP contribution in [0.1, 0.15) is 63.8 Å². The number of anilines is 6. The summed E-state index contributed by atoms with van der Waals surface area (Å²) in [4.78, 5) is 4.79. The Hall–Kier alpha value is -6.64. The highest BCUT2D eigenvalue weighted by Crippen LogP contribution is 2.42. The van der Waals surface area contributed by atoms with E-state index >= 15 is 0 Å². The monoisotopic (exact) mass is 780 g/mol. The summed E-state index contributed by atoms with van der Waals surface area (Å²) in [5.41, 5.74) is 19.1. The summed E-state index contributed by atoms with van der Waals surface area (Å²) < 4.78 is 0. The lowest BCUT2D eigenvalue weighted by Crippen LogP contribution is -2.13. The lowest BCUT2D eigenvalue weighted by atomic mass is 9.87. The van der Waals surface area contributed by atoms with E-state index in [2.05, 4.69) is 259 Å². The molecule has 0 bridgehead atoms. The normalized spacial score (nSPS) is 11.7. The van der Waals surface area contributed by atoms with Crippen LogP contribution in [0.4, 0.5) is 34.1 Å². The average Bonchev–Trinajstić information content (AvgIpc) is 3.24. The van der Waals surface area contributed by atoms with Gasteiger partial charge in [-0.15, -0.1) is 0 Å². The van der Waals surface area contributed by atoms with E-state index in [-0.39, 0.29) is 10.8 Å². The molecule has 0 spiro atoms. The lowest BCUT2D eigenvalue weighted by Gasteiger charge is -2.29. The molecule has 0 aromatic heterocycles. The van der Waals surface area contributed by atoms with Crippen molar-refractivity contribution >= 4 is 34.1 Å². The van der Waals surface area contributed by atoms with Gasteiger partial charge in [-0.25, -0.2) is 0 Å². The van der Waals surface area contributed by atoms with Crippen molar-refractivity contribution in [2.45, 2.75) is 66.2 Å². The van der Waals surface area contributed by atoms with Crippen LogP contribution in [0.15, 0.2) is 194 Å². The van der Waals surface area contributed by atoms with Gasteiger partial charge in [0.25, 0.3) is 0 Å². The third-order valence-electron chi connectivity index (χ3n) is 11.4. The number of hydrogen-bond acceptors (Lipinski definition) is 2. The highest BCUT2D eigenvalue weighted by atomic mass is 15.1. The van der Waals surface area contributed by atoms with E-state index in [1.54, 1.807) is 0 Å². The van der Waals surface area contributed by atoms with Crippen LogP contribution >= 0.6 is 0 Å². The number of aryl methyl sites for hydroxylation is 2. The molecule has 0 unspecified atom stereocenters. The van der Waals surface area contributed by atoms with E-state index in [1.807, 2.05) is 0 Å². The Morgan fingerprint density at radius 3 is 0.850 bits per heavy atom. The number of rotatable bonds is 9. The minimum Gasteiger partial charge on any atom is -0.310 e. The van der Waals surface area contributed by atoms with Crippen LogP contribution in [0, 0.1) is 13.8 Å². The second-order valence-electron chi connectivity index (χ2n) is 18.2. The first kappa shape index (κ1) is 40.2. The maximum atomic E-state index is 2.39. The average molecular weight is 781 g/mol. The zero-order valence-corrected chi connectivity index (χ0v) is 36.4. The second kappa shape index (κ2) is 16.5. The smallest absolute Gasteiger partial charge is 0.0470 e. The molecule has 2 nitrogen and oxygen atoms in total. The van der Waals surface area contributed by atoms with Gasteiger partial charge in [0.2, 0.25) is 0 Å². The van der Waals surface area contributed by atoms with Crippen LogP contribution < -0.4 is 9.80 Å². The van der Waals surface area contributed by atoms with Gasteiger partial charge in [-0.1, -0.05) is 163 Å².